The molecule has 5 nitrogen and oxygen atoms in total. The van der Waals surface area contributed by atoms with Gasteiger partial charge in [0.05, 0.1) is 0 Å². The highest BCUT2D eigenvalue weighted by atomic mass is 35.5. The number of anilines is 2. The van der Waals surface area contributed by atoms with Gasteiger partial charge in [0, 0.05) is 23.4 Å². The van der Waals surface area contributed by atoms with Crippen LogP contribution in [-0.2, 0) is 0 Å². The molecule has 0 bridgehead atoms. The van der Waals surface area contributed by atoms with Gasteiger partial charge < -0.3 is 10.7 Å². The number of benzene rings is 1. The van der Waals surface area contributed by atoms with Gasteiger partial charge in [0.1, 0.15) is 11.0 Å². The molecular formula is C12H8ClF3N4O. The minimum absolute atomic E-state index is 0.00735. The minimum atomic E-state index is -1.62. The maximum Gasteiger partial charge on any atom is 0.255 e. The molecular weight excluding hydrogens is 309 g/mol. The Morgan fingerprint density at radius 1 is 1.14 bits per heavy atom. The van der Waals surface area contributed by atoms with Crippen molar-refractivity contribution in [3.05, 3.63) is 52.4 Å². The Morgan fingerprint density at radius 2 is 1.76 bits per heavy atom. The summed E-state index contributed by atoms with van der Waals surface area (Å²) in [5.41, 5.74) is 2.01. The zero-order valence-corrected chi connectivity index (χ0v) is 11.0. The topological polar surface area (TPSA) is 80.0 Å². The Kier molecular flexibility index (Phi) is 4.29. The fourth-order valence-electron chi connectivity index (χ4n) is 1.53. The molecule has 1 amide bonds. The Bertz CT molecular complexity index is 688. The number of pyridine rings is 1. The Hall–Kier alpha value is -2.32. The van der Waals surface area contributed by atoms with Gasteiger partial charge in [-0.15, -0.1) is 0 Å². The van der Waals surface area contributed by atoms with Crippen molar-refractivity contribution in [1.82, 2.24) is 4.98 Å². The number of carbonyl (C=O) groups excluding carboxylic acids is 1. The van der Waals surface area contributed by atoms with Crippen LogP contribution >= 0.6 is 11.6 Å². The van der Waals surface area contributed by atoms with Crippen LogP contribution in [0.15, 0.2) is 24.3 Å². The lowest BCUT2D eigenvalue weighted by Crippen LogP contribution is -2.15. The molecule has 4 N–H and O–H groups in total. The van der Waals surface area contributed by atoms with Crippen LogP contribution in [0.2, 0.25) is 5.15 Å². The normalized spacial score (nSPS) is 10.3. The van der Waals surface area contributed by atoms with E-state index in [1.807, 2.05) is 0 Å². The highest BCUT2D eigenvalue weighted by molar-refractivity contribution is 6.30. The molecule has 0 saturated heterocycles. The third-order valence-electron chi connectivity index (χ3n) is 2.45. The molecule has 0 saturated carbocycles. The van der Waals surface area contributed by atoms with Gasteiger partial charge in [-0.05, 0) is 12.1 Å². The van der Waals surface area contributed by atoms with E-state index >= 15 is 0 Å². The van der Waals surface area contributed by atoms with E-state index in [1.165, 1.54) is 12.1 Å². The van der Waals surface area contributed by atoms with Crippen molar-refractivity contribution in [1.29, 1.82) is 0 Å². The second-order valence-electron chi connectivity index (χ2n) is 3.92. The Labute approximate surface area is 121 Å². The number of halogens is 4. The minimum Gasteiger partial charge on any atom is -0.322 e. The number of nitrogens with two attached hydrogens (primary N) is 1. The largest absolute Gasteiger partial charge is 0.322 e. The number of hydrogen-bond acceptors (Lipinski definition) is 4. The number of nitrogen functional groups attached to an aromatic ring is 1. The molecule has 0 aliphatic heterocycles. The standard InChI is InChI=1S/C12H8ClF3N4O/c13-9-1-5(2-10(19-9)20-17)12(21)18-6-3-7(14)11(16)8(15)4-6/h1-4H,17H2,(H,18,21)(H,19,20). The van der Waals surface area contributed by atoms with Crippen molar-refractivity contribution in [3.8, 4) is 0 Å². The van der Waals surface area contributed by atoms with Crippen molar-refractivity contribution in [2.45, 2.75) is 0 Å². The Balaban J connectivity index is 2.28. The third-order valence-corrected chi connectivity index (χ3v) is 2.64. The molecule has 0 atom stereocenters. The predicted molar refractivity (Wildman–Crippen MR) is 71.3 cm³/mol. The van der Waals surface area contributed by atoms with E-state index in [2.05, 4.69) is 15.7 Å². The van der Waals surface area contributed by atoms with Crippen LogP contribution in [0, 0.1) is 17.5 Å². The quantitative estimate of drug-likeness (QED) is 0.352. The fraction of sp³-hybridized carbons (Fsp3) is 0. The number of hydrogen-bond donors (Lipinski definition) is 3. The van der Waals surface area contributed by atoms with E-state index < -0.39 is 23.4 Å². The summed E-state index contributed by atoms with van der Waals surface area (Å²) in [6.07, 6.45) is 0. The van der Waals surface area contributed by atoms with E-state index in [-0.39, 0.29) is 22.2 Å². The van der Waals surface area contributed by atoms with Crippen LogP contribution in [0.4, 0.5) is 24.7 Å². The first-order chi connectivity index (χ1) is 9.90. The van der Waals surface area contributed by atoms with Crippen LogP contribution in [0.1, 0.15) is 10.4 Å². The molecule has 0 aliphatic rings. The molecule has 0 aliphatic carbocycles. The van der Waals surface area contributed by atoms with E-state index in [9.17, 15) is 18.0 Å². The average molecular weight is 317 g/mol. The number of amides is 1. The summed E-state index contributed by atoms with van der Waals surface area (Å²) < 4.78 is 38.9. The van der Waals surface area contributed by atoms with Gasteiger partial charge in [0.25, 0.3) is 5.91 Å². The molecule has 2 aromatic rings. The molecule has 110 valence electrons. The lowest BCUT2D eigenvalue weighted by atomic mass is 10.2. The Morgan fingerprint density at radius 3 is 2.33 bits per heavy atom. The third kappa shape index (κ3) is 3.41. The van der Waals surface area contributed by atoms with Gasteiger partial charge in [-0.3, -0.25) is 4.79 Å². The van der Waals surface area contributed by atoms with Crippen LogP contribution in [0.25, 0.3) is 0 Å². The van der Waals surface area contributed by atoms with Gasteiger partial charge in [0.2, 0.25) is 0 Å². The summed E-state index contributed by atoms with van der Waals surface area (Å²) in [6.45, 7) is 0. The van der Waals surface area contributed by atoms with Crippen LogP contribution < -0.4 is 16.6 Å². The van der Waals surface area contributed by atoms with Crippen molar-refractivity contribution in [3.63, 3.8) is 0 Å². The number of carbonyl (C=O) groups is 1. The average Bonchev–Trinajstić information content (AvgIpc) is 2.43. The smallest absolute Gasteiger partial charge is 0.255 e. The van der Waals surface area contributed by atoms with E-state index in [0.717, 1.165) is 0 Å². The molecule has 1 aromatic heterocycles. The molecule has 9 heteroatoms. The van der Waals surface area contributed by atoms with Crippen molar-refractivity contribution >= 4 is 29.0 Å². The van der Waals surface area contributed by atoms with Crippen LogP contribution in [0.3, 0.4) is 0 Å². The molecule has 21 heavy (non-hydrogen) atoms. The second-order valence-corrected chi connectivity index (χ2v) is 4.30. The zero-order chi connectivity index (χ0) is 15.6. The molecule has 1 heterocycles. The molecule has 0 spiro atoms. The summed E-state index contributed by atoms with van der Waals surface area (Å²) in [5, 5.41) is 2.20. The number of hydrazine groups is 1. The summed E-state index contributed by atoms with van der Waals surface area (Å²) in [4.78, 5) is 15.7. The number of nitrogens with one attached hydrogen (secondary N) is 2. The van der Waals surface area contributed by atoms with Crippen molar-refractivity contribution in [2.75, 3.05) is 10.7 Å². The monoisotopic (exact) mass is 316 g/mol. The first-order valence-corrected chi connectivity index (χ1v) is 5.88. The zero-order valence-electron chi connectivity index (χ0n) is 10.3. The van der Waals surface area contributed by atoms with Crippen LogP contribution in [0.5, 0.6) is 0 Å². The number of aromatic nitrogens is 1. The van der Waals surface area contributed by atoms with Gasteiger partial charge >= 0.3 is 0 Å². The van der Waals surface area contributed by atoms with Gasteiger partial charge in [-0.25, -0.2) is 24.0 Å². The number of rotatable bonds is 3. The molecule has 0 fully saturated rings. The van der Waals surface area contributed by atoms with E-state index in [0.29, 0.717) is 12.1 Å². The maximum absolute atomic E-state index is 13.1. The van der Waals surface area contributed by atoms with E-state index in [4.69, 9.17) is 17.4 Å². The molecule has 1 aromatic carbocycles. The van der Waals surface area contributed by atoms with E-state index in [1.54, 1.807) is 0 Å². The molecule has 2 rings (SSSR count). The van der Waals surface area contributed by atoms with Crippen LogP contribution in [-0.4, -0.2) is 10.9 Å². The first-order valence-electron chi connectivity index (χ1n) is 5.51. The molecule has 0 unspecified atom stereocenters. The first kappa shape index (κ1) is 15.1. The SMILES string of the molecule is NNc1cc(C(=O)Nc2cc(F)c(F)c(F)c2)cc(Cl)n1. The highest BCUT2D eigenvalue weighted by Gasteiger charge is 2.14. The summed E-state index contributed by atoms with van der Waals surface area (Å²) in [6, 6.07) is 3.81. The lowest BCUT2D eigenvalue weighted by molar-refractivity contribution is 0.102. The second kappa shape index (κ2) is 5.98. The van der Waals surface area contributed by atoms with Crippen molar-refractivity contribution in [2.24, 2.45) is 5.84 Å². The number of nitrogens with zero attached hydrogens (tertiary/aromatic N) is 1. The lowest BCUT2D eigenvalue weighted by Gasteiger charge is -2.08. The van der Waals surface area contributed by atoms with Gasteiger partial charge in [0.15, 0.2) is 17.5 Å². The maximum atomic E-state index is 13.1. The van der Waals surface area contributed by atoms with Crippen molar-refractivity contribution < 1.29 is 18.0 Å². The summed E-state index contributed by atoms with van der Waals surface area (Å²) >= 11 is 5.69. The fourth-order valence-corrected chi connectivity index (χ4v) is 1.74. The molecule has 0 radical (unpaired) electrons. The predicted octanol–water partition coefficient (Wildman–Crippen LogP) is 2.69. The van der Waals surface area contributed by atoms with Gasteiger partial charge in [-0.2, -0.15) is 0 Å². The highest BCUT2D eigenvalue weighted by Crippen LogP contribution is 2.19. The summed E-state index contributed by atoms with van der Waals surface area (Å²) in [7, 11) is 0. The summed E-state index contributed by atoms with van der Waals surface area (Å²) in [5.74, 6) is 0.116. The van der Waals surface area contributed by atoms with Gasteiger partial charge in [-0.1, -0.05) is 11.6 Å².